The zero-order valence-electron chi connectivity index (χ0n) is 13.9. The van der Waals surface area contributed by atoms with Gasteiger partial charge in [0.25, 0.3) is 0 Å². The molecule has 2 aliphatic heterocycles. The van der Waals surface area contributed by atoms with Crippen LogP contribution in [0.2, 0.25) is 0 Å². The Morgan fingerprint density at radius 1 is 1.38 bits per heavy atom. The molecule has 4 rings (SSSR count). The second-order valence-electron chi connectivity index (χ2n) is 6.75. The molecule has 0 bridgehead atoms. The summed E-state index contributed by atoms with van der Waals surface area (Å²) in [7, 11) is 0. The first-order valence-corrected chi connectivity index (χ1v) is 9.40. The highest BCUT2D eigenvalue weighted by Crippen LogP contribution is 2.40. The monoisotopic (exact) mass is 343 g/mol. The van der Waals surface area contributed by atoms with Gasteiger partial charge in [0.05, 0.1) is 11.3 Å². The van der Waals surface area contributed by atoms with Crippen LogP contribution in [-0.2, 0) is 11.2 Å². The van der Waals surface area contributed by atoms with Crippen LogP contribution in [0.3, 0.4) is 0 Å². The Hall–Kier alpha value is -1.82. The summed E-state index contributed by atoms with van der Waals surface area (Å²) in [4.78, 5) is 20.8. The Labute approximate surface area is 145 Å². The van der Waals surface area contributed by atoms with Gasteiger partial charge in [0.1, 0.15) is 0 Å². The summed E-state index contributed by atoms with van der Waals surface area (Å²) in [5.74, 6) is 1.71. The minimum Gasteiger partial charge on any atom is -0.339 e. The van der Waals surface area contributed by atoms with Crippen molar-refractivity contribution in [2.45, 2.75) is 55.2 Å². The molecule has 24 heavy (non-hydrogen) atoms. The predicted molar refractivity (Wildman–Crippen MR) is 91.9 cm³/mol. The van der Waals surface area contributed by atoms with E-state index >= 15 is 0 Å². The molecule has 1 fully saturated rings. The highest BCUT2D eigenvalue weighted by molar-refractivity contribution is 8.01. The highest BCUT2D eigenvalue weighted by Gasteiger charge is 2.39. The van der Waals surface area contributed by atoms with E-state index in [2.05, 4.69) is 22.3 Å². The van der Waals surface area contributed by atoms with Crippen molar-refractivity contribution in [3.05, 3.63) is 41.5 Å². The number of carbonyl (C=O) groups excluding carboxylic acids is 1. The molecular formula is C18H21N3O2S. The number of fused-ring (bicyclic) bond motifs is 1. The van der Waals surface area contributed by atoms with E-state index < -0.39 is 0 Å². The predicted octanol–water partition coefficient (Wildman–Crippen LogP) is 3.57. The van der Waals surface area contributed by atoms with Gasteiger partial charge in [-0.3, -0.25) is 4.79 Å². The van der Waals surface area contributed by atoms with E-state index in [4.69, 9.17) is 4.52 Å². The SMILES string of the molecule is CC(C)c1nc([C@H]2CCCN2C(=O)[C@@H]2Cc3ccccc3S2)no1. The smallest absolute Gasteiger partial charge is 0.237 e. The Bertz CT molecular complexity index is 733. The van der Waals surface area contributed by atoms with Crippen molar-refractivity contribution in [1.29, 1.82) is 0 Å². The topological polar surface area (TPSA) is 59.2 Å². The molecule has 6 heteroatoms. The Balaban J connectivity index is 1.51. The third-order valence-corrected chi connectivity index (χ3v) is 6.01. The molecule has 2 aromatic rings. The van der Waals surface area contributed by atoms with Crippen LogP contribution in [0.4, 0.5) is 0 Å². The van der Waals surface area contributed by atoms with Crippen LogP contribution in [0.5, 0.6) is 0 Å². The van der Waals surface area contributed by atoms with Crippen LogP contribution in [0.15, 0.2) is 33.7 Å². The Morgan fingerprint density at radius 2 is 2.21 bits per heavy atom. The molecule has 5 nitrogen and oxygen atoms in total. The zero-order chi connectivity index (χ0) is 16.7. The van der Waals surface area contributed by atoms with Crippen molar-refractivity contribution in [1.82, 2.24) is 15.0 Å². The molecule has 2 aliphatic rings. The second kappa shape index (κ2) is 6.24. The minimum absolute atomic E-state index is 0.0283. The van der Waals surface area contributed by atoms with E-state index in [1.165, 1.54) is 10.5 Å². The van der Waals surface area contributed by atoms with Gasteiger partial charge in [-0.15, -0.1) is 11.8 Å². The molecule has 1 saturated heterocycles. The second-order valence-corrected chi connectivity index (χ2v) is 8.00. The summed E-state index contributed by atoms with van der Waals surface area (Å²) >= 11 is 1.68. The third kappa shape index (κ3) is 2.73. The molecule has 2 atom stereocenters. The van der Waals surface area contributed by atoms with Crippen LogP contribution >= 0.6 is 11.8 Å². The van der Waals surface area contributed by atoms with Crippen LogP contribution in [0, 0.1) is 0 Å². The van der Waals surface area contributed by atoms with Gasteiger partial charge in [0, 0.05) is 17.4 Å². The van der Waals surface area contributed by atoms with Crippen LogP contribution in [0.1, 0.15) is 55.9 Å². The summed E-state index contributed by atoms with van der Waals surface area (Å²) in [6.07, 6.45) is 2.71. The Kier molecular flexibility index (Phi) is 4.08. The molecule has 1 amide bonds. The quantitative estimate of drug-likeness (QED) is 0.852. The Morgan fingerprint density at radius 3 is 2.96 bits per heavy atom. The first-order chi connectivity index (χ1) is 11.6. The molecule has 0 saturated carbocycles. The minimum atomic E-state index is -0.0435. The molecular weight excluding hydrogens is 322 g/mol. The standard InChI is InChI=1S/C18H21N3O2S/c1-11(2)17-19-16(20-23-17)13-7-5-9-21(13)18(22)15-10-12-6-3-4-8-14(12)24-15/h3-4,6,8,11,13,15H,5,7,9-10H2,1-2H3/t13-,15+/m1/s1. The highest BCUT2D eigenvalue weighted by atomic mass is 32.2. The van der Waals surface area contributed by atoms with Gasteiger partial charge in [-0.25, -0.2) is 0 Å². The van der Waals surface area contributed by atoms with E-state index in [0.29, 0.717) is 11.7 Å². The van der Waals surface area contributed by atoms with Crippen molar-refractivity contribution < 1.29 is 9.32 Å². The molecule has 1 aromatic heterocycles. The van der Waals surface area contributed by atoms with Crippen LogP contribution in [-0.4, -0.2) is 32.7 Å². The van der Waals surface area contributed by atoms with Gasteiger partial charge < -0.3 is 9.42 Å². The number of hydrogen-bond acceptors (Lipinski definition) is 5. The lowest BCUT2D eigenvalue weighted by Gasteiger charge is -2.25. The van der Waals surface area contributed by atoms with E-state index in [-0.39, 0.29) is 23.1 Å². The fourth-order valence-electron chi connectivity index (χ4n) is 3.42. The van der Waals surface area contributed by atoms with Crippen molar-refractivity contribution in [2.75, 3.05) is 6.54 Å². The van der Waals surface area contributed by atoms with Gasteiger partial charge in [0.2, 0.25) is 11.8 Å². The lowest BCUT2D eigenvalue weighted by Crippen LogP contribution is -2.37. The number of aromatic nitrogens is 2. The summed E-state index contributed by atoms with van der Waals surface area (Å²) in [6, 6.07) is 8.24. The molecule has 0 N–H and O–H groups in total. The lowest BCUT2D eigenvalue weighted by molar-refractivity contribution is -0.131. The largest absolute Gasteiger partial charge is 0.339 e. The van der Waals surface area contributed by atoms with Gasteiger partial charge in [-0.1, -0.05) is 37.2 Å². The number of amides is 1. The molecule has 0 radical (unpaired) electrons. The number of thioether (sulfide) groups is 1. The van der Waals surface area contributed by atoms with Crippen molar-refractivity contribution in [3.8, 4) is 0 Å². The zero-order valence-corrected chi connectivity index (χ0v) is 14.8. The maximum Gasteiger partial charge on any atom is 0.237 e. The van der Waals surface area contributed by atoms with Gasteiger partial charge in [-0.05, 0) is 30.9 Å². The summed E-state index contributed by atoms with van der Waals surface area (Å²) < 4.78 is 5.34. The number of nitrogens with zero attached hydrogens (tertiary/aromatic N) is 3. The van der Waals surface area contributed by atoms with Crippen LogP contribution in [0.25, 0.3) is 0 Å². The number of rotatable bonds is 3. The average molecular weight is 343 g/mol. The maximum absolute atomic E-state index is 13.1. The van der Waals surface area contributed by atoms with Gasteiger partial charge in [0.15, 0.2) is 5.82 Å². The van der Waals surface area contributed by atoms with E-state index in [1.807, 2.05) is 30.9 Å². The number of carbonyl (C=O) groups is 1. The van der Waals surface area contributed by atoms with E-state index in [0.717, 1.165) is 25.8 Å². The molecule has 3 heterocycles. The van der Waals surface area contributed by atoms with Crippen molar-refractivity contribution >= 4 is 17.7 Å². The number of benzene rings is 1. The van der Waals surface area contributed by atoms with Gasteiger partial charge >= 0.3 is 0 Å². The molecule has 0 unspecified atom stereocenters. The average Bonchev–Trinajstić information content (AvgIpc) is 3.30. The first kappa shape index (κ1) is 15.7. The van der Waals surface area contributed by atoms with Gasteiger partial charge in [-0.2, -0.15) is 4.98 Å². The summed E-state index contributed by atoms with van der Waals surface area (Å²) in [6.45, 7) is 4.84. The van der Waals surface area contributed by atoms with Crippen molar-refractivity contribution in [2.24, 2.45) is 0 Å². The summed E-state index contributed by atoms with van der Waals surface area (Å²) in [5, 5.41) is 4.10. The number of likely N-dealkylation sites (tertiary alicyclic amines) is 1. The maximum atomic E-state index is 13.1. The summed E-state index contributed by atoms with van der Waals surface area (Å²) in [5.41, 5.74) is 1.28. The van der Waals surface area contributed by atoms with E-state index in [9.17, 15) is 4.79 Å². The fraction of sp³-hybridized carbons (Fsp3) is 0.500. The van der Waals surface area contributed by atoms with Crippen molar-refractivity contribution in [3.63, 3.8) is 0 Å². The molecule has 0 aliphatic carbocycles. The third-order valence-electron chi connectivity index (χ3n) is 4.71. The number of hydrogen-bond donors (Lipinski definition) is 0. The first-order valence-electron chi connectivity index (χ1n) is 8.52. The molecule has 126 valence electrons. The van der Waals surface area contributed by atoms with Crippen LogP contribution < -0.4 is 0 Å². The molecule has 1 aromatic carbocycles. The molecule has 0 spiro atoms. The normalized spacial score (nSPS) is 23.0. The fourth-order valence-corrected chi connectivity index (χ4v) is 4.69. The lowest BCUT2D eigenvalue weighted by atomic mass is 10.1. The van der Waals surface area contributed by atoms with E-state index in [1.54, 1.807) is 11.8 Å².